The van der Waals surface area contributed by atoms with E-state index < -0.39 is 0 Å². The van der Waals surface area contributed by atoms with Crippen molar-refractivity contribution in [2.24, 2.45) is 0 Å². The van der Waals surface area contributed by atoms with Gasteiger partial charge in [-0.25, -0.2) is 0 Å². The Morgan fingerprint density at radius 3 is 2.80 bits per heavy atom. The first-order valence-corrected chi connectivity index (χ1v) is 10.0. The summed E-state index contributed by atoms with van der Waals surface area (Å²) in [6.07, 6.45) is 7.41. The molecular formula is C23H24ClN3O3. The Balaban J connectivity index is 1.50. The molecule has 0 aliphatic carbocycles. The fourth-order valence-electron chi connectivity index (χ4n) is 2.84. The number of hydrogen-bond donors (Lipinski definition) is 1. The topological polar surface area (TPSA) is 65.4 Å². The number of amides is 1. The number of aromatic nitrogens is 2. The fourth-order valence-corrected chi connectivity index (χ4v) is 2.99. The zero-order valence-electron chi connectivity index (χ0n) is 16.8. The molecule has 6 nitrogen and oxygen atoms in total. The number of ether oxygens (including phenoxy) is 2. The Morgan fingerprint density at radius 2 is 2.07 bits per heavy atom. The maximum Gasteiger partial charge on any atom is 0.244 e. The summed E-state index contributed by atoms with van der Waals surface area (Å²) in [4.78, 5) is 12.1. The molecule has 30 heavy (non-hydrogen) atoms. The summed E-state index contributed by atoms with van der Waals surface area (Å²) in [7, 11) is 1.63. The van der Waals surface area contributed by atoms with Gasteiger partial charge in [0.25, 0.3) is 0 Å². The molecule has 0 radical (unpaired) electrons. The SMILES string of the molecule is COc1ccc(/C=C/C(=O)NCCCn2cc(Cl)cn2)cc1COc1ccccc1. The van der Waals surface area contributed by atoms with Crippen molar-refractivity contribution in [3.05, 3.63) is 83.2 Å². The highest BCUT2D eigenvalue weighted by atomic mass is 35.5. The molecule has 0 atom stereocenters. The predicted molar refractivity (Wildman–Crippen MR) is 118 cm³/mol. The summed E-state index contributed by atoms with van der Waals surface area (Å²) in [6.45, 7) is 1.62. The second-order valence-corrected chi connectivity index (χ2v) is 7.01. The van der Waals surface area contributed by atoms with Crippen LogP contribution in [-0.4, -0.2) is 29.3 Å². The number of benzene rings is 2. The number of nitrogens with zero attached hydrogens (tertiary/aromatic N) is 2. The van der Waals surface area contributed by atoms with Crippen molar-refractivity contribution in [1.82, 2.24) is 15.1 Å². The third kappa shape index (κ3) is 6.67. The molecule has 0 saturated carbocycles. The fraction of sp³-hybridized carbons (Fsp3) is 0.217. The van der Waals surface area contributed by atoms with Gasteiger partial charge in [-0.05, 0) is 42.3 Å². The van der Waals surface area contributed by atoms with Crippen LogP contribution in [0, 0.1) is 0 Å². The first kappa shape index (κ1) is 21.5. The van der Waals surface area contributed by atoms with E-state index in [9.17, 15) is 4.79 Å². The van der Waals surface area contributed by atoms with Gasteiger partial charge in [0.2, 0.25) is 5.91 Å². The number of methoxy groups -OCH3 is 1. The lowest BCUT2D eigenvalue weighted by Crippen LogP contribution is -2.23. The van der Waals surface area contributed by atoms with E-state index >= 15 is 0 Å². The Bertz CT molecular complexity index is 986. The van der Waals surface area contributed by atoms with E-state index in [1.54, 1.807) is 30.3 Å². The van der Waals surface area contributed by atoms with Crippen molar-refractivity contribution < 1.29 is 14.3 Å². The van der Waals surface area contributed by atoms with Gasteiger partial charge in [0.05, 0.1) is 18.3 Å². The van der Waals surface area contributed by atoms with Crippen LogP contribution >= 0.6 is 11.6 Å². The summed E-state index contributed by atoms with van der Waals surface area (Å²) in [5, 5.41) is 7.57. The van der Waals surface area contributed by atoms with Crippen molar-refractivity contribution in [2.75, 3.05) is 13.7 Å². The quantitative estimate of drug-likeness (QED) is 0.387. The molecule has 0 bridgehead atoms. The number of aryl methyl sites for hydroxylation is 1. The highest BCUT2D eigenvalue weighted by molar-refractivity contribution is 6.30. The molecule has 0 aliphatic heterocycles. The molecule has 0 fully saturated rings. The van der Waals surface area contributed by atoms with E-state index in [4.69, 9.17) is 21.1 Å². The van der Waals surface area contributed by atoms with Gasteiger partial charge in [0.15, 0.2) is 0 Å². The normalized spacial score (nSPS) is 10.9. The summed E-state index contributed by atoms with van der Waals surface area (Å²) < 4.78 is 13.0. The lowest BCUT2D eigenvalue weighted by molar-refractivity contribution is -0.116. The zero-order chi connectivity index (χ0) is 21.2. The molecule has 0 spiro atoms. The van der Waals surface area contributed by atoms with Crippen LogP contribution < -0.4 is 14.8 Å². The lowest BCUT2D eigenvalue weighted by Gasteiger charge is -2.11. The van der Waals surface area contributed by atoms with Crippen LogP contribution in [0.5, 0.6) is 11.5 Å². The van der Waals surface area contributed by atoms with Crippen LogP contribution in [0.3, 0.4) is 0 Å². The second kappa shape index (κ2) is 11.1. The average Bonchev–Trinajstić information content (AvgIpc) is 3.19. The predicted octanol–water partition coefficient (Wildman–Crippen LogP) is 4.34. The van der Waals surface area contributed by atoms with Crippen molar-refractivity contribution in [3.63, 3.8) is 0 Å². The minimum Gasteiger partial charge on any atom is -0.496 e. The molecule has 7 heteroatoms. The minimum absolute atomic E-state index is 0.147. The van der Waals surface area contributed by atoms with Crippen LogP contribution in [0.25, 0.3) is 6.08 Å². The molecule has 3 rings (SSSR count). The van der Waals surface area contributed by atoms with Gasteiger partial charge in [0.1, 0.15) is 18.1 Å². The van der Waals surface area contributed by atoms with Crippen LogP contribution in [0.2, 0.25) is 5.02 Å². The number of rotatable bonds is 10. The van der Waals surface area contributed by atoms with Crippen molar-refractivity contribution in [1.29, 1.82) is 0 Å². The van der Waals surface area contributed by atoms with E-state index in [-0.39, 0.29) is 5.91 Å². The summed E-state index contributed by atoms with van der Waals surface area (Å²) in [6, 6.07) is 15.3. The maximum atomic E-state index is 12.1. The molecule has 156 valence electrons. The van der Waals surface area contributed by atoms with Crippen molar-refractivity contribution in [3.8, 4) is 11.5 Å². The molecule has 3 aromatic rings. The third-order valence-corrected chi connectivity index (χ3v) is 4.53. The smallest absolute Gasteiger partial charge is 0.244 e. The van der Waals surface area contributed by atoms with Gasteiger partial charge >= 0.3 is 0 Å². The zero-order valence-corrected chi connectivity index (χ0v) is 17.5. The third-order valence-electron chi connectivity index (χ3n) is 4.33. The van der Waals surface area contributed by atoms with Gasteiger partial charge in [-0.15, -0.1) is 0 Å². The Kier molecular flexibility index (Phi) is 7.92. The van der Waals surface area contributed by atoms with E-state index in [1.165, 1.54) is 6.08 Å². The van der Waals surface area contributed by atoms with Crippen LogP contribution in [0.4, 0.5) is 0 Å². The van der Waals surface area contributed by atoms with Crippen molar-refractivity contribution >= 4 is 23.6 Å². The van der Waals surface area contributed by atoms with Crippen LogP contribution in [0.1, 0.15) is 17.5 Å². The van der Waals surface area contributed by atoms with Gasteiger partial charge in [-0.3, -0.25) is 9.48 Å². The maximum absolute atomic E-state index is 12.1. The highest BCUT2D eigenvalue weighted by Gasteiger charge is 2.05. The summed E-state index contributed by atoms with van der Waals surface area (Å²) in [5.41, 5.74) is 1.80. The van der Waals surface area contributed by atoms with Gasteiger partial charge in [-0.2, -0.15) is 5.10 Å². The molecule has 2 aromatic carbocycles. The molecule has 1 amide bonds. The number of halogens is 1. The van der Waals surface area contributed by atoms with Crippen LogP contribution in [0.15, 0.2) is 67.0 Å². The van der Waals surface area contributed by atoms with Crippen molar-refractivity contribution in [2.45, 2.75) is 19.6 Å². The molecule has 0 unspecified atom stereocenters. The summed E-state index contributed by atoms with van der Waals surface area (Å²) >= 11 is 5.83. The number of carbonyl (C=O) groups is 1. The molecular weight excluding hydrogens is 402 g/mol. The second-order valence-electron chi connectivity index (χ2n) is 6.57. The highest BCUT2D eigenvalue weighted by Crippen LogP contribution is 2.22. The first-order chi connectivity index (χ1) is 14.6. The number of hydrogen-bond acceptors (Lipinski definition) is 4. The van der Waals surface area contributed by atoms with E-state index in [2.05, 4.69) is 10.4 Å². The van der Waals surface area contributed by atoms with E-state index in [0.717, 1.165) is 29.0 Å². The summed E-state index contributed by atoms with van der Waals surface area (Å²) in [5.74, 6) is 1.38. The van der Waals surface area contributed by atoms with Gasteiger partial charge in [0, 0.05) is 30.9 Å². The Labute approximate surface area is 181 Å². The van der Waals surface area contributed by atoms with Gasteiger partial charge in [-0.1, -0.05) is 35.9 Å². The largest absolute Gasteiger partial charge is 0.496 e. The number of para-hydroxylation sites is 1. The molecule has 0 aliphatic rings. The first-order valence-electron chi connectivity index (χ1n) is 9.62. The Morgan fingerprint density at radius 1 is 1.23 bits per heavy atom. The average molecular weight is 426 g/mol. The van der Waals surface area contributed by atoms with Gasteiger partial charge < -0.3 is 14.8 Å². The number of nitrogens with one attached hydrogen (secondary N) is 1. The van der Waals surface area contributed by atoms with E-state index in [1.807, 2.05) is 48.5 Å². The number of carbonyl (C=O) groups excluding carboxylic acids is 1. The monoisotopic (exact) mass is 425 g/mol. The lowest BCUT2D eigenvalue weighted by atomic mass is 10.1. The molecule has 1 aromatic heterocycles. The molecule has 1 heterocycles. The standard InChI is InChI=1S/C23H24ClN3O3/c1-29-22-10-8-18(14-19(22)17-30-21-6-3-2-4-7-21)9-11-23(28)25-12-5-13-27-16-20(24)15-26-27/h2-4,6-11,14-16H,5,12-13,17H2,1H3,(H,25,28)/b11-9+. The Hall–Kier alpha value is -3.25. The van der Waals surface area contributed by atoms with E-state index in [0.29, 0.717) is 24.7 Å². The molecule has 1 N–H and O–H groups in total. The van der Waals surface area contributed by atoms with Crippen LogP contribution in [-0.2, 0) is 17.9 Å². The minimum atomic E-state index is -0.147. The molecule has 0 saturated heterocycles.